The van der Waals surface area contributed by atoms with Gasteiger partial charge in [0.1, 0.15) is 0 Å². The van der Waals surface area contributed by atoms with Gasteiger partial charge in [-0.25, -0.2) is 4.72 Å². The third-order valence-corrected chi connectivity index (χ3v) is 7.11. The van der Waals surface area contributed by atoms with Crippen LogP contribution in [0, 0.1) is 23.2 Å². The zero-order valence-electron chi connectivity index (χ0n) is 15.8. The molecular formula is C19H26N4O3S. The van der Waals surface area contributed by atoms with Crippen molar-refractivity contribution >= 4 is 27.5 Å². The second-order valence-electron chi connectivity index (χ2n) is 8.70. The summed E-state index contributed by atoms with van der Waals surface area (Å²) in [5.74, 6) is 1.33. The summed E-state index contributed by atoms with van der Waals surface area (Å²) in [6, 6.07) is 7.04. The van der Waals surface area contributed by atoms with Gasteiger partial charge in [-0.1, -0.05) is 0 Å². The molecule has 1 N–H and O–H groups in total. The van der Waals surface area contributed by atoms with E-state index in [1.165, 1.54) is 19.3 Å². The lowest BCUT2D eigenvalue weighted by Crippen LogP contribution is -2.54. The topological polar surface area (TPSA) is 91.2 Å². The number of carbonyl (C=O) groups is 1. The number of nitrogens with one attached hydrogen (secondary N) is 1. The number of hydrogen-bond acceptors (Lipinski definition) is 5. The number of carbonyl (C=O) groups excluding carboxylic acids is 1. The van der Waals surface area contributed by atoms with Gasteiger partial charge in [-0.2, -0.15) is 8.42 Å². The quantitative estimate of drug-likeness (QED) is 0.780. The van der Waals surface area contributed by atoms with Crippen LogP contribution in [-0.2, 0) is 15.0 Å². The van der Waals surface area contributed by atoms with Gasteiger partial charge in [-0.3, -0.25) is 4.79 Å². The van der Waals surface area contributed by atoms with Crippen LogP contribution in [0.15, 0.2) is 33.9 Å². The summed E-state index contributed by atoms with van der Waals surface area (Å²) in [6.07, 6.45) is 6.02. The normalized spacial score (nSPS) is 32.0. The van der Waals surface area contributed by atoms with Crippen molar-refractivity contribution in [2.45, 2.75) is 38.5 Å². The highest BCUT2D eigenvalue weighted by Gasteiger charge is 2.55. The van der Waals surface area contributed by atoms with Crippen LogP contribution < -0.4 is 9.62 Å². The summed E-state index contributed by atoms with van der Waals surface area (Å²) in [7, 11) is -0.315. The fraction of sp³-hybridized carbons (Fsp3) is 0.632. The molecule has 0 radical (unpaired) electrons. The molecule has 0 unspecified atom stereocenters. The molecule has 8 heteroatoms. The highest BCUT2D eigenvalue weighted by molar-refractivity contribution is 7.88. The van der Waals surface area contributed by atoms with Crippen LogP contribution in [0.5, 0.6) is 0 Å². The molecule has 146 valence electrons. The van der Waals surface area contributed by atoms with Gasteiger partial charge in [0, 0.05) is 19.8 Å². The Morgan fingerprint density at radius 2 is 1.56 bits per heavy atom. The van der Waals surface area contributed by atoms with Gasteiger partial charge in [-0.15, -0.1) is 5.11 Å². The van der Waals surface area contributed by atoms with E-state index in [-0.39, 0.29) is 5.91 Å². The van der Waals surface area contributed by atoms with Crippen molar-refractivity contribution in [3.8, 4) is 0 Å². The van der Waals surface area contributed by atoms with E-state index in [0.29, 0.717) is 23.4 Å². The Morgan fingerprint density at radius 1 is 1.04 bits per heavy atom. The van der Waals surface area contributed by atoms with E-state index in [0.717, 1.165) is 24.9 Å². The van der Waals surface area contributed by atoms with Crippen LogP contribution in [0.2, 0.25) is 0 Å². The van der Waals surface area contributed by atoms with Crippen molar-refractivity contribution in [3.63, 3.8) is 0 Å². The maximum Gasteiger partial charge on any atom is 0.362 e. The Morgan fingerprint density at radius 3 is 2.04 bits per heavy atom. The minimum atomic E-state index is -4.15. The van der Waals surface area contributed by atoms with E-state index in [9.17, 15) is 13.2 Å². The van der Waals surface area contributed by atoms with Gasteiger partial charge in [0.25, 0.3) is 0 Å². The smallest absolute Gasteiger partial charge is 0.362 e. The molecule has 0 aliphatic heterocycles. The third-order valence-electron chi connectivity index (χ3n) is 6.37. The zero-order chi connectivity index (χ0) is 19.2. The number of hydrogen-bond donors (Lipinski definition) is 1. The lowest BCUT2D eigenvalue weighted by molar-refractivity contribution is -0.144. The number of anilines is 1. The first-order valence-electron chi connectivity index (χ1n) is 9.52. The van der Waals surface area contributed by atoms with Crippen molar-refractivity contribution < 1.29 is 13.2 Å². The molecule has 0 saturated heterocycles. The first kappa shape index (κ1) is 18.4. The zero-order valence-corrected chi connectivity index (χ0v) is 16.6. The molecule has 4 aliphatic rings. The van der Waals surface area contributed by atoms with Gasteiger partial charge in [0.15, 0.2) is 0 Å². The third kappa shape index (κ3) is 3.72. The number of amides is 1. The maximum atomic E-state index is 12.8. The fourth-order valence-electron chi connectivity index (χ4n) is 5.55. The maximum absolute atomic E-state index is 12.8. The summed E-state index contributed by atoms with van der Waals surface area (Å²) in [5.41, 5.74) is 0.880. The molecule has 7 nitrogen and oxygen atoms in total. The number of benzene rings is 1. The summed E-state index contributed by atoms with van der Waals surface area (Å²) >= 11 is 0. The molecule has 1 aromatic carbocycles. The van der Waals surface area contributed by atoms with Crippen molar-refractivity contribution in [2.24, 2.45) is 32.8 Å². The molecule has 0 heterocycles. The SMILES string of the molecule is CN(C)c1ccc(N=NS(=O)(=O)NC(=O)C23CC4CC(CC(C4)C2)C3)cc1. The van der Waals surface area contributed by atoms with E-state index in [1.807, 2.05) is 31.1 Å². The Bertz CT molecular complexity index is 826. The van der Waals surface area contributed by atoms with Gasteiger partial charge in [0.2, 0.25) is 5.91 Å². The Hall–Kier alpha value is -1.96. The average molecular weight is 391 g/mol. The van der Waals surface area contributed by atoms with Crippen molar-refractivity contribution in [2.75, 3.05) is 19.0 Å². The van der Waals surface area contributed by atoms with Crippen LogP contribution in [0.25, 0.3) is 0 Å². The van der Waals surface area contributed by atoms with Gasteiger partial charge >= 0.3 is 10.2 Å². The minimum absolute atomic E-state index is 0.386. The predicted octanol–water partition coefficient (Wildman–Crippen LogP) is 3.41. The summed E-state index contributed by atoms with van der Waals surface area (Å²) in [4.78, 5) is 14.8. The molecule has 27 heavy (non-hydrogen) atoms. The lowest BCUT2D eigenvalue weighted by Gasteiger charge is -2.55. The van der Waals surface area contributed by atoms with Gasteiger partial charge in [-0.05, 0) is 85.1 Å². The molecule has 1 aromatic rings. The fourth-order valence-corrected chi connectivity index (χ4v) is 6.25. The van der Waals surface area contributed by atoms with E-state index < -0.39 is 15.6 Å². The van der Waals surface area contributed by atoms with Crippen LogP contribution >= 0.6 is 0 Å². The highest BCUT2D eigenvalue weighted by Crippen LogP contribution is 2.60. The standard InChI is InChI=1S/C19H26N4O3S/c1-23(2)17-5-3-16(4-6-17)20-22-27(25,26)21-18(24)19-10-13-7-14(11-19)9-15(8-13)12-19/h3-6,13-15H,7-12H2,1-2H3,(H,21,24). The van der Waals surface area contributed by atoms with E-state index in [1.54, 1.807) is 12.1 Å². The van der Waals surface area contributed by atoms with Crippen molar-refractivity contribution in [1.29, 1.82) is 0 Å². The van der Waals surface area contributed by atoms with Crippen LogP contribution in [0.3, 0.4) is 0 Å². The van der Waals surface area contributed by atoms with Crippen molar-refractivity contribution in [3.05, 3.63) is 24.3 Å². The average Bonchev–Trinajstić information content (AvgIpc) is 2.59. The first-order chi connectivity index (χ1) is 12.7. The predicted molar refractivity (Wildman–Crippen MR) is 103 cm³/mol. The Labute approximate surface area is 160 Å². The second kappa shape index (κ2) is 6.58. The van der Waals surface area contributed by atoms with Crippen LogP contribution in [-0.4, -0.2) is 28.4 Å². The van der Waals surface area contributed by atoms with E-state index in [4.69, 9.17) is 0 Å². The van der Waals surface area contributed by atoms with Gasteiger partial charge < -0.3 is 4.90 Å². The molecule has 4 aliphatic carbocycles. The highest BCUT2D eigenvalue weighted by atomic mass is 32.2. The lowest BCUT2D eigenvalue weighted by atomic mass is 9.49. The molecule has 4 bridgehead atoms. The van der Waals surface area contributed by atoms with E-state index >= 15 is 0 Å². The molecule has 0 aromatic heterocycles. The molecule has 0 atom stereocenters. The van der Waals surface area contributed by atoms with E-state index in [2.05, 4.69) is 14.4 Å². The molecule has 4 fully saturated rings. The number of rotatable bonds is 5. The van der Waals surface area contributed by atoms with Crippen LogP contribution in [0.4, 0.5) is 11.4 Å². The summed E-state index contributed by atoms with van der Waals surface area (Å²) in [5, 5.41) is 3.78. The Balaban J connectivity index is 1.44. The number of nitrogens with zero attached hydrogens (tertiary/aromatic N) is 3. The molecular weight excluding hydrogens is 364 g/mol. The first-order valence-corrected chi connectivity index (χ1v) is 11.0. The largest absolute Gasteiger partial charge is 0.378 e. The van der Waals surface area contributed by atoms with Crippen molar-refractivity contribution in [1.82, 2.24) is 4.72 Å². The summed E-state index contributed by atoms with van der Waals surface area (Å²) in [6.45, 7) is 0. The molecule has 0 spiro atoms. The summed E-state index contributed by atoms with van der Waals surface area (Å²) < 4.78 is 30.2. The Kier molecular flexibility index (Phi) is 4.49. The second-order valence-corrected chi connectivity index (χ2v) is 10.0. The molecule has 5 rings (SSSR count). The van der Waals surface area contributed by atoms with Crippen LogP contribution in [0.1, 0.15) is 38.5 Å². The van der Waals surface area contributed by atoms with Gasteiger partial charge in [0.05, 0.1) is 11.1 Å². The molecule has 4 saturated carbocycles. The molecule has 1 amide bonds. The monoisotopic (exact) mass is 390 g/mol. The minimum Gasteiger partial charge on any atom is -0.378 e.